The molecule has 3 N–H and O–H groups in total. The minimum atomic E-state index is -0.935. The molecule has 0 bridgehead atoms. The number of amides is 2. The summed E-state index contributed by atoms with van der Waals surface area (Å²) in [7, 11) is 1.43. The monoisotopic (exact) mass is 348 g/mol. The van der Waals surface area contributed by atoms with Gasteiger partial charge in [0.25, 0.3) is 11.8 Å². The maximum absolute atomic E-state index is 12.8. The van der Waals surface area contributed by atoms with Crippen LogP contribution in [0, 0.1) is 5.82 Å². The van der Waals surface area contributed by atoms with Gasteiger partial charge in [-0.3, -0.25) is 20.4 Å². The van der Waals surface area contributed by atoms with Gasteiger partial charge in [-0.1, -0.05) is 0 Å². The van der Waals surface area contributed by atoms with Crippen molar-refractivity contribution < 1.29 is 28.6 Å². The highest BCUT2D eigenvalue weighted by Gasteiger charge is 2.17. The summed E-state index contributed by atoms with van der Waals surface area (Å²) >= 11 is 0. The molecule has 0 aromatic heterocycles. The molecule has 0 radical (unpaired) electrons. The van der Waals surface area contributed by atoms with Crippen LogP contribution in [0.3, 0.4) is 0 Å². The zero-order valence-electron chi connectivity index (χ0n) is 13.6. The SMILES string of the molecule is COc1ccc(C(=O)NNC(=O)C(C)Oc2ccc(F)cc2)c(O)c1. The summed E-state index contributed by atoms with van der Waals surface area (Å²) in [6.45, 7) is 1.47. The average Bonchev–Trinajstić information content (AvgIpc) is 2.61. The molecule has 132 valence electrons. The molecule has 1 atom stereocenters. The van der Waals surface area contributed by atoms with E-state index in [9.17, 15) is 19.1 Å². The van der Waals surface area contributed by atoms with Crippen molar-refractivity contribution >= 4 is 11.8 Å². The second-order valence-electron chi connectivity index (χ2n) is 5.04. The van der Waals surface area contributed by atoms with Gasteiger partial charge >= 0.3 is 0 Å². The Hall–Kier alpha value is -3.29. The number of phenols is 1. The standard InChI is InChI=1S/C17H17FN2O5/c1-10(25-12-5-3-11(18)4-6-12)16(22)19-20-17(23)14-8-7-13(24-2)9-15(14)21/h3-10,21H,1-2H3,(H,19,22)(H,20,23). The molecule has 0 fully saturated rings. The topological polar surface area (TPSA) is 96.9 Å². The first kappa shape index (κ1) is 18.1. The van der Waals surface area contributed by atoms with Crippen LogP contribution in [0.1, 0.15) is 17.3 Å². The molecule has 2 amide bonds. The molecule has 0 heterocycles. The largest absolute Gasteiger partial charge is 0.507 e. The summed E-state index contributed by atoms with van der Waals surface area (Å²) in [5.41, 5.74) is 4.33. The number of phenolic OH excluding ortho intramolecular Hbond substituents is 1. The Morgan fingerprint density at radius 2 is 1.72 bits per heavy atom. The summed E-state index contributed by atoms with van der Waals surface area (Å²) < 4.78 is 23.1. The number of methoxy groups -OCH3 is 1. The Kier molecular flexibility index (Phi) is 5.78. The molecule has 0 saturated heterocycles. The first-order chi connectivity index (χ1) is 11.9. The van der Waals surface area contributed by atoms with E-state index < -0.39 is 23.7 Å². The molecule has 0 aliphatic rings. The molecule has 7 nitrogen and oxygen atoms in total. The number of benzene rings is 2. The van der Waals surface area contributed by atoms with Crippen molar-refractivity contribution in [2.75, 3.05) is 7.11 Å². The molecular formula is C17H17FN2O5. The van der Waals surface area contributed by atoms with E-state index in [2.05, 4.69) is 10.9 Å². The molecule has 8 heteroatoms. The molecular weight excluding hydrogens is 331 g/mol. The fraction of sp³-hybridized carbons (Fsp3) is 0.176. The van der Waals surface area contributed by atoms with E-state index in [1.807, 2.05) is 0 Å². The van der Waals surface area contributed by atoms with Crippen LogP contribution in [0.5, 0.6) is 17.2 Å². The minimum absolute atomic E-state index is 0.0341. The van der Waals surface area contributed by atoms with Crippen molar-refractivity contribution in [1.29, 1.82) is 0 Å². The lowest BCUT2D eigenvalue weighted by atomic mass is 10.2. The Morgan fingerprint density at radius 3 is 2.32 bits per heavy atom. The maximum Gasteiger partial charge on any atom is 0.279 e. The van der Waals surface area contributed by atoms with Crippen molar-refractivity contribution in [2.24, 2.45) is 0 Å². The predicted molar refractivity (Wildman–Crippen MR) is 86.8 cm³/mol. The number of hydrogen-bond donors (Lipinski definition) is 3. The van der Waals surface area contributed by atoms with Gasteiger partial charge in [-0.05, 0) is 43.3 Å². The highest BCUT2D eigenvalue weighted by atomic mass is 19.1. The number of carbonyl (C=O) groups is 2. The lowest BCUT2D eigenvalue weighted by Gasteiger charge is -2.15. The second-order valence-corrected chi connectivity index (χ2v) is 5.04. The third-order valence-electron chi connectivity index (χ3n) is 3.24. The van der Waals surface area contributed by atoms with Crippen LogP contribution in [0.4, 0.5) is 4.39 Å². The van der Waals surface area contributed by atoms with E-state index in [0.717, 1.165) is 0 Å². The third-order valence-corrected chi connectivity index (χ3v) is 3.24. The van der Waals surface area contributed by atoms with Crippen LogP contribution < -0.4 is 20.3 Å². The van der Waals surface area contributed by atoms with Crippen molar-refractivity contribution in [3.63, 3.8) is 0 Å². The van der Waals surface area contributed by atoms with Crippen molar-refractivity contribution in [3.05, 3.63) is 53.8 Å². The van der Waals surface area contributed by atoms with E-state index in [0.29, 0.717) is 11.5 Å². The van der Waals surface area contributed by atoms with Gasteiger partial charge in [0.2, 0.25) is 0 Å². The number of ether oxygens (including phenoxy) is 2. The van der Waals surface area contributed by atoms with Crippen molar-refractivity contribution in [2.45, 2.75) is 13.0 Å². The van der Waals surface area contributed by atoms with Crippen molar-refractivity contribution in [1.82, 2.24) is 10.9 Å². The quantitative estimate of drug-likeness (QED) is 0.716. The van der Waals surface area contributed by atoms with E-state index in [4.69, 9.17) is 9.47 Å². The molecule has 0 aliphatic heterocycles. The van der Waals surface area contributed by atoms with Crippen LogP contribution in [-0.2, 0) is 4.79 Å². The molecule has 2 aromatic rings. The van der Waals surface area contributed by atoms with Gasteiger partial charge in [0.1, 0.15) is 23.1 Å². The maximum atomic E-state index is 12.8. The van der Waals surface area contributed by atoms with Crippen molar-refractivity contribution in [3.8, 4) is 17.2 Å². The smallest absolute Gasteiger partial charge is 0.279 e. The van der Waals surface area contributed by atoms with Crippen LogP contribution in [0.25, 0.3) is 0 Å². The Bertz CT molecular complexity index is 764. The summed E-state index contributed by atoms with van der Waals surface area (Å²) in [4.78, 5) is 23.9. The molecule has 0 saturated carbocycles. The van der Waals surface area contributed by atoms with Crippen LogP contribution >= 0.6 is 0 Å². The Labute approximate surface area is 143 Å². The van der Waals surface area contributed by atoms with E-state index in [-0.39, 0.29) is 11.3 Å². The fourth-order valence-electron chi connectivity index (χ4n) is 1.89. The van der Waals surface area contributed by atoms with Crippen LogP contribution in [0.15, 0.2) is 42.5 Å². The van der Waals surface area contributed by atoms with E-state index in [1.54, 1.807) is 0 Å². The molecule has 0 aliphatic carbocycles. The van der Waals surface area contributed by atoms with Gasteiger partial charge in [-0.15, -0.1) is 0 Å². The number of hydrogen-bond acceptors (Lipinski definition) is 5. The van der Waals surface area contributed by atoms with Crippen LogP contribution in [0.2, 0.25) is 0 Å². The van der Waals surface area contributed by atoms with Gasteiger partial charge in [-0.2, -0.15) is 0 Å². The molecule has 2 rings (SSSR count). The van der Waals surface area contributed by atoms with E-state index in [1.165, 1.54) is 56.5 Å². The van der Waals surface area contributed by atoms with Gasteiger partial charge in [0, 0.05) is 6.07 Å². The van der Waals surface area contributed by atoms with Gasteiger partial charge in [0.05, 0.1) is 12.7 Å². The zero-order chi connectivity index (χ0) is 18.4. The zero-order valence-corrected chi connectivity index (χ0v) is 13.6. The number of aromatic hydroxyl groups is 1. The Balaban J connectivity index is 1.90. The number of carbonyl (C=O) groups excluding carboxylic acids is 2. The third kappa shape index (κ3) is 4.84. The average molecular weight is 348 g/mol. The molecule has 2 aromatic carbocycles. The highest BCUT2D eigenvalue weighted by molar-refractivity contribution is 5.98. The summed E-state index contributed by atoms with van der Waals surface area (Å²) in [6, 6.07) is 9.30. The predicted octanol–water partition coefficient (Wildman–Crippen LogP) is 1.77. The summed E-state index contributed by atoms with van der Waals surface area (Å²) in [6.07, 6.45) is -0.935. The van der Waals surface area contributed by atoms with Gasteiger partial charge in [-0.25, -0.2) is 4.39 Å². The molecule has 1 unspecified atom stereocenters. The lowest BCUT2D eigenvalue weighted by molar-refractivity contribution is -0.128. The number of hydrazine groups is 1. The minimum Gasteiger partial charge on any atom is -0.507 e. The number of rotatable bonds is 5. The summed E-state index contributed by atoms with van der Waals surface area (Å²) in [5.74, 6) is -1.34. The van der Waals surface area contributed by atoms with Gasteiger partial charge < -0.3 is 14.6 Å². The normalized spacial score (nSPS) is 11.3. The molecule has 0 spiro atoms. The lowest BCUT2D eigenvalue weighted by Crippen LogP contribution is -2.47. The first-order valence-electron chi connectivity index (χ1n) is 7.30. The number of nitrogens with one attached hydrogen (secondary N) is 2. The number of halogens is 1. The first-order valence-corrected chi connectivity index (χ1v) is 7.30. The second kappa shape index (κ2) is 8.00. The highest BCUT2D eigenvalue weighted by Crippen LogP contribution is 2.23. The van der Waals surface area contributed by atoms with Gasteiger partial charge in [0.15, 0.2) is 6.10 Å². The Morgan fingerprint density at radius 1 is 1.08 bits per heavy atom. The molecule has 25 heavy (non-hydrogen) atoms. The van der Waals surface area contributed by atoms with Crippen LogP contribution in [-0.4, -0.2) is 30.1 Å². The van der Waals surface area contributed by atoms with E-state index >= 15 is 0 Å². The fourth-order valence-corrected chi connectivity index (χ4v) is 1.89. The summed E-state index contributed by atoms with van der Waals surface area (Å²) in [5, 5.41) is 9.78.